The zero-order valence-electron chi connectivity index (χ0n) is 16.7. The van der Waals surface area contributed by atoms with Crippen molar-refractivity contribution in [2.45, 2.75) is 64.4 Å². The number of aryl methyl sites for hydroxylation is 1. The van der Waals surface area contributed by atoms with Gasteiger partial charge in [0, 0.05) is 5.54 Å². The highest BCUT2D eigenvalue weighted by molar-refractivity contribution is 7.89. The van der Waals surface area contributed by atoms with Gasteiger partial charge in [0.25, 0.3) is 5.91 Å². The minimum atomic E-state index is -3.82. The zero-order chi connectivity index (χ0) is 20.8. The average Bonchev–Trinajstić information content (AvgIpc) is 2.50. The van der Waals surface area contributed by atoms with Crippen LogP contribution in [0.25, 0.3) is 0 Å². The Balaban J connectivity index is 2.84. The van der Waals surface area contributed by atoms with Crippen LogP contribution in [0.1, 0.15) is 46.6 Å². The summed E-state index contributed by atoms with van der Waals surface area (Å²) in [6.07, 6.45) is 0.345. The summed E-state index contributed by atoms with van der Waals surface area (Å²) in [7, 11) is -3.82. The fourth-order valence-electron chi connectivity index (χ4n) is 2.23. The second-order valence-corrected chi connectivity index (χ2v) is 10.1. The van der Waals surface area contributed by atoms with Gasteiger partial charge in [-0.25, -0.2) is 8.42 Å². The van der Waals surface area contributed by atoms with Gasteiger partial charge in [-0.05, 0) is 64.4 Å². The van der Waals surface area contributed by atoms with Gasteiger partial charge < -0.3 is 5.32 Å². The molecular formula is C18H30N4O3S2. The predicted octanol–water partition coefficient (Wildman–Crippen LogP) is 1.98. The third kappa shape index (κ3) is 8.68. The molecule has 1 atom stereocenters. The topological polar surface area (TPSA) is 99.3 Å². The lowest BCUT2D eigenvalue weighted by Crippen LogP contribution is -2.56. The number of rotatable bonds is 6. The number of thiocarbonyl (C=S) groups is 1. The lowest BCUT2D eigenvalue weighted by atomic mass is 10.0. The Bertz CT molecular complexity index is 754. The molecule has 0 spiro atoms. The maximum absolute atomic E-state index is 12.6. The lowest BCUT2D eigenvalue weighted by molar-refractivity contribution is -0.123. The van der Waals surface area contributed by atoms with Gasteiger partial charge in [-0.15, -0.1) is 0 Å². The number of carbonyl (C=O) groups excluding carboxylic acids is 1. The van der Waals surface area contributed by atoms with Gasteiger partial charge in [0.15, 0.2) is 5.11 Å². The number of hydrogen-bond acceptors (Lipinski definition) is 4. The predicted molar refractivity (Wildman–Crippen MR) is 112 cm³/mol. The molecule has 0 bridgehead atoms. The van der Waals surface area contributed by atoms with Crippen molar-refractivity contribution >= 4 is 33.3 Å². The summed E-state index contributed by atoms with van der Waals surface area (Å²) in [6.45, 7) is 11.5. The van der Waals surface area contributed by atoms with Gasteiger partial charge in [0.1, 0.15) is 6.04 Å². The second kappa shape index (κ2) is 9.48. The van der Waals surface area contributed by atoms with Gasteiger partial charge >= 0.3 is 0 Å². The molecule has 1 rings (SSSR count). The first-order valence-electron chi connectivity index (χ1n) is 8.77. The van der Waals surface area contributed by atoms with E-state index in [-0.39, 0.29) is 21.5 Å². The lowest BCUT2D eigenvalue weighted by Gasteiger charge is -2.24. The highest BCUT2D eigenvalue weighted by Crippen LogP contribution is 2.13. The summed E-state index contributed by atoms with van der Waals surface area (Å²) in [5.74, 6) is -0.390. The zero-order valence-corrected chi connectivity index (χ0v) is 18.3. The fourth-order valence-corrected chi connectivity index (χ4v) is 3.80. The molecule has 0 saturated heterocycles. The van der Waals surface area contributed by atoms with Gasteiger partial charge in [0.05, 0.1) is 4.90 Å². The second-order valence-electron chi connectivity index (χ2n) is 7.93. The fraction of sp³-hybridized carbons (Fsp3) is 0.556. The summed E-state index contributed by atoms with van der Waals surface area (Å²) >= 11 is 5.12. The Morgan fingerprint density at radius 2 is 1.67 bits per heavy atom. The SMILES string of the molecule is Cc1ccc(S(=O)(=O)N[C@H](CC(C)C)C(=O)NNC(=S)NC(C)(C)C)cc1. The molecular weight excluding hydrogens is 384 g/mol. The first kappa shape index (κ1) is 23.3. The number of hydrazine groups is 1. The summed E-state index contributed by atoms with van der Waals surface area (Å²) < 4.78 is 27.7. The van der Waals surface area contributed by atoms with E-state index < -0.39 is 22.0 Å². The highest BCUT2D eigenvalue weighted by atomic mass is 32.2. The molecule has 0 aromatic heterocycles. The molecule has 0 fully saturated rings. The van der Waals surface area contributed by atoms with E-state index in [0.717, 1.165) is 5.56 Å². The van der Waals surface area contributed by atoms with E-state index >= 15 is 0 Å². The van der Waals surface area contributed by atoms with Crippen molar-refractivity contribution in [2.24, 2.45) is 5.92 Å². The van der Waals surface area contributed by atoms with E-state index in [1.165, 1.54) is 12.1 Å². The van der Waals surface area contributed by atoms with Crippen LogP contribution in [0.2, 0.25) is 0 Å². The minimum Gasteiger partial charge on any atom is -0.357 e. The third-order valence-electron chi connectivity index (χ3n) is 3.44. The van der Waals surface area contributed by atoms with E-state index in [1.807, 2.05) is 41.5 Å². The summed E-state index contributed by atoms with van der Waals surface area (Å²) in [6, 6.07) is 5.53. The molecule has 0 aliphatic rings. The van der Waals surface area contributed by atoms with Crippen LogP contribution >= 0.6 is 12.2 Å². The van der Waals surface area contributed by atoms with E-state index in [1.54, 1.807) is 12.1 Å². The molecule has 1 aromatic rings. The Morgan fingerprint density at radius 3 is 2.15 bits per heavy atom. The van der Waals surface area contributed by atoms with Crippen molar-refractivity contribution in [3.8, 4) is 0 Å². The Hall–Kier alpha value is -1.71. The largest absolute Gasteiger partial charge is 0.357 e. The van der Waals surface area contributed by atoms with Crippen molar-refractivity contribution in [3.63, 3.8) is 0 Å². The number of nitrogens with one attached hydrogen (secondary N) is 4. The van der Waals surface area contributed by atoms with Crippen LogP contribution in [-0.2, 0) is 14.8 Å². The monoisotopic (exact) mass is 414 g/mol. The first-order valence-corrected chi connectivity index (χ1v) is 10.7. The van der Waals surface area contributed by atoms with Crippen molar-refractivity contribution in [3.05, 3.63) is 29.8 Å². The molecule has 9 heteroatoms. The molecule has 0 aliphatic heterocycles. The van der Waals surface area contributed by atoms with E-state index in [9.17, 15) is 13.2 Å². The van der Waals surface area contributed by atoms with Crippen LogP contribution in [0.5, 0.6) is 0 Å². The number of amides is 1. The van der Waals surface area contributed by atoms with Crippen LogP contribution < -0.4 is 20.9 Å². The van der Waals surface area contributed by atoms with Gasteiger partial charge in [0.2, 0.25) is 10.0 Å². The molecule has 27 heavy (non-hydrogen) atoms. The number of carbonyl (C=O) groups is 1. The number of benzene rings is 1. The van der Waals surface area contributed by atoms with E-state index in [2.05, 4.69) is 20.9 Å². The molecule has 0 saturated carbocycles. The highest BCUT2D eigenvalue weighted by Gasteiger charge is 2.26. The maximum Gasteiger partial charge on any atom is 0.256 e. The number of sulfonamides is 1. The van der Waals surface area contributed by atoms with E-state index in [0.29, 0.717) is 6.42 Å². The molecule has 0 radical (unpaired) electrons. The molecule has 4 N–H and O–H groups in total. The van der Waals surface area contributed by atoms with Crippen LogP contribution in [0.4, 0.5) is 0 Å². The Morgan fingerprint density at radius 1 is 1.11 bits per heavy atom. The van der Waals surface area contributed by atoms with Crippen LogP contribution in [0.15, 0.2) is 29.2 Å². The van der Waals surface area contributed by atoms with Crippen molar-refractivity contribution in [1.29, 1.82) is 0 Å². The molecule has 0 heterocycles. The summed E-state index contributed by atoms with van der Waals surface area (Å²) in [5.41, 5.74) is 5.77. The van der Waals surface area contributed by atoms with Crippen molar-refractivity contribution in [1.82, 2.24) is 20.9 Å². The number of hydrogen-bond donors (Lipinski definition) is 4. The Kier molecular flexibility index (Phi) is 8.19. The van der Waals surface area contributed by atoms with E-state index in [4.69, 9.17) is 12.2 Å². The average molecular weight is 415 g/mol. The van der Waals surface area contributed by atoms with Gasteiger partial charge in [-0.1, -0.05) is 31.5 Å². The van der Waals surface area contributed by atoms with Gasteiger partial charge in [-0.3, -0.25) is 15.6 Å². The quantitative estimate of drug-likeness (QED) is 0.420. The molecule has 1 aromatic carbocycles. The van der Waals surface area contributed by atoms with Crippen LogP contribution in [0.3, 0.4) is 0 Å². The molecule has 0 aliphatic carbocycles. The molecule has 152 valence electrons. The molecule has 0 unspecified atom stereocenters. The van der Waals surface area contributed by atoms with Crippen LogP contribution in [0, 0.1) is 12.8 Å². The van der Waals surface area contributed by atoms with Gasteiger partial charge in [-0.2, -0.15) is 4.72 Å². The normalized spacial score (nSPS) is 13.1. The third-order valence-corrected chi connectivity index (χ3v) is 5.13. The molecule has 7 nitrogen and oxygen atoms in total. The Labute approximate surface area is 167 Å². The minimum absolute atomic E-state index is 0.112. The van der Waals surface area contributed by atoms with Crippen molar-refractivity contribution < 1.29 is 13.2 Å². The van der Waals surface area contributed by atoms with Crippen molar-refractivity contribution in [2.75, 3.05) is 0 Å². The van der Waals surface area contributed by atoms with Crippen LogP contribution in [-0.4, -0.2) is 31.0 Å². The standard InChI is InChI=1S/C18H30N4O3S2/c1-12(2)11-15(16(23)20-21-17(26)19-18(4,5)6)22-27(24,25)14-9-7-13(3)8-10-14/h7-10,12,15,22H,11H2,1-6H3,(H,20,23)(H2,19,21,26)/t15-/m1/s1. The summed E-state index contributed by atoms with van der Waals surface area (Å²) in [4.78, 5) is 12.6. The first-order chi connectivity index (χ1) is 12.3. The smallest absolute Gasteiger partial charge is 0.256 e. The molecule has 1 amide bonds. The summed E-state index contributed by atoms with van der Waals surface area (Å²) in [5, 5.41) is 3.25. The maximum atomic E-state index is 12.6.